The molecule has 1 aromatic rings. The zero-order valence-corrected chi connectivity index (χ0v) is 20.3. The molecule has 30 heavy (non-hydrogen) atoms. The van der Waals surface area contributed by atoms with Crippen LogP contribution in [0.2, 0.25) is 0 Å². The topological polar surface area (TPSA) is 9.23 Å². The highest BCUT2D eigenvalue weighted by atomic mass is 16.5. The van der Waals surface area contributed by atoms with Gasteiger partial charge in [-0.15, -0.1) is 0 Å². The maximum absolute atomic E-state index is 5.91. The van der Waals surface area contributed by atoms with Crippen molar-refractivity contribution in [3.8, 4) is 5.75 Å². The molecule has 0 radical (unpaired) electrons. The molecule has 0 spiro atoms. The summed E-state index contributed by atoms with van der Waals surface area (Å²) in [5.41, 5.74) is 1.47. The van der Waals surface area contributed by atoms with Crippen molar-refractivity contribution in [2.24, 2.45) is 11.8 Å². The molecule has 1 aliphatic rings. The number of ether oxygens (including phenoxy) is 1. The fourth-order valence-corrected chi connectivity index (χ4v) is 5.08. The second-order valence-corrected chi connectivity index (χ2v) is 9.89. The Morgan fingerprint density at radius 3 is 1.80 bits per heavy atom. The third-order valence-electron chi connectivity index (χ3n) is 7.20. The van der Waals surface area contributed by atoms with Crippen LogP contribution < -0.4 is 4.74 Å². The SMILES string of the molecule is CCCCCCCCOc1ccc(CCCCC2CCC(CCCCC)CC2)cc1. The van der Waals surface area contributed by atoms with Gasteiger partial charge in [-0.1, -0.05) is 122 Å². The fourth-order valence-electron chi connectivity index (χ4n) is 5.08. The largest absolute Gasteiger partial charge is 0.494 e. The van der Waals surface area contributed by atoms with Gasteiger partial charge in [-0.25, -0.2) is 0 Å². The molecule has 0 aliphatic heterocycles. The number of unbranched alkanes of at least 4 members (excludes halogenated alkanes) is 8. The maximum Gasteiger partial charge on any atom is 0.119 e. The summed E-state index contributed by atoms with van der Waals surface area (Å²) < 4.78 is 5.91. The summed E-state index contributed by atoms with van der Waals surface area (Å²) in [6.07, 6.45) is 25.1. The summed E-state index contributed by atoms with van der Waals surface area (Å²) in [5.74, 6) is 3.11. The van der Waals surface area contributed by atoms with Crippen LogP contribution in [0, 0.1) is 11.8 Å². The number of hydrogen-bond acceptors (Lipinski definition) is 1. The van der Waals surface area contributed by atoms with Gasteiger partial charge in [0.25, 0.3) is 0 Å². The quantitative estimate of drug-likeness (QED) is 0.231. The van der Waals surface area contributed by atoms with Crippen LogP contribution >= 0.6 is 0 Å². The van der Waals surface area contributed by atoms with Gasteiger partial charge in [0.15, 0.2) is 0 Å². The zero-order chi connectivity index (χ0) is 21.3. The van der Waals surface area contributed by atoms with Crippen molar-refractivity contribution in [1.29, 1.82) is 0 Å². The van der Waals surface area contributed by atoms with Crippen molar-refractivity contribution < 1.29 is 4.74 Å². The van der Waals surface area contributed by atoms with Gasteiger partial charge in [0.2, 0.25) is 0 Å². The number of benzene rings is 1. The molecule has 1 aromatic carbocycles. The third-order valence-corrected chi connectivity index (χ3v) is 7.20. The zero-order valence-electron chi connectivity index (χ0n) is 20.3. The Labute approximate surface area is 188 Å². The molecule has 1 fully saturated rings. The fraction of sp³-hybridized carbons (Fsp3) is 0.793. The van der Waals surface area contributed by atoms with E-state index in [1.54, 1.807) is 0 Å². The molecule has 1 saturated carbocycles. The smallest absolute Gasteiger partial charge is 0.119 e. The van der Waals surface area contributed by atoms with E-state index in [9.17, 15) is 0 Å². The van der Waals surface area contributed by atoms with E-state index >= 15 is 0 Å². The first kappa shape index (κ1) is 25.3. The van der Waals surface area contributed by atoms with Crippen molar-refractivity contribution in [2.75, 3.05) is 6.61 Å². The monoisotopic (exact) mass is 414 g/mol. The molecular weight excluding hydrogens is 364 g/mol. The molecule has 1 aliphatic carbocycles. The Hall–Kier alpha value is -0.980. The van der Waals surface area contributed by atoms with Gasteiger partial charge >= 0.3 is 0 Å². The minimum absolute atomic E-state index is 0.867. The molecule has 0 bridgehead atoms. The molecule has 2 rings (SSSR count). The van der Waals surface area contributed by atoms with Gasteiger partial charge in [0.05, 0.1) is 6.61 Å². The van der Waals surface area contributed by atoms with E-state index in [-0.39, 0.29) is 0 Å². The van der Waals surface area contributed by atoms with Crippen LogP contribution in [0.15, 0.2) is 24.3 Å². The van der Waals surface area contributed by atoms with E-state index in [1.807, 2.05) is 0 Å². The minimum Gasteiger partial charge on any atom is -0.494 e. The van der Waals surface area contributed by atoms with Crippen molar-refractivity contribution in [3.63, 3.8) is 0 Å². The first-order chi connectivity index (χ1) is 14.8. The summed E-state index contributed by atoms with van der Waals surface area (Å²) in [5, 5.41) is 0. The molecule has 0 atom stereocenters. The van der Waals surface area contributed by atoms with E-state index in [4.69, 9.17) is 4.74 Å². The van der Waals surface area contributed by atoms with E-state index in [0.29, 0.717) is 0 Å². The lowest BCUT2D eigenvalue weighted by atomic mass is 9.78. The van der Waals surface area contributed by atoms with Crippen LogP contribution in [-0.4, -0.2) is 6.61 Å². The van der Waals surface area contributed by atoms with Gasteiger partial charge in [0, 0.05) is 0 Å². The first-order valence-corrected chi connectivity index (χ1v) is 13.5. The standard InChI is InChI=1S/C29H50O/c1-3-5-7-8-9-13-25-30-29-23-21-28(22-24-29)16-12-11-15-27-19-17-26(18-20-27)14-10-6-4-2/h21-24,26-27H,3-20,25H2,1-2H3. The van der Waals surface area contributed by atoms with Gasteiger partial charge in [-0.2, -0.15) is 0 Å². The lowest BCUT2D eigenvalue weighted by Crippen LogP contribution is -2.14. The van der Waals surface area contributed by atoms with Gasteiger partial charge in [-0.05, 0) is 48.8 Å². The maximum atomic E-state index is 5.91. The van der Waals surface area contributed by atoms with Crippen LogP contribution in [0.5, 0.6) is 5.75 Å². The minimum atomic E-state index is 0.867. The molecule has 0 N–H and O–H groups in total. The lowest BCUT2D eigenvalue weighted by molar-refractivity contribution is 0.245. The second-order valence-electron chi connectivity index (χ2n) is 9.89. The normalized spacial score (nSPS) is 19.1. The predicted molar refractivity (Wildman–Crippen MR) is 132 cm³/mol. The summed E-state index contributed by atoms with van der Waals surface area (Å²) in [6, 6.07) is 8.90. The van der Waals surface area contributed by atoms with Crippen molar-refractivity contribution in [3.05, 3.63) is 29.8 Å². The molecule has 0 aromatic heterocycles. The highest BCUT2D eigenvalue weighted by Crippen LogP contribution is 2.34. The molecular formula is C29H50O. The van der Waals surface area contributed by atoms with Gasteiger partial charge in [-0.3, -0.25) is 0 Å². The van der Waals surface area contributed by atoms with Gasteiger partial charge < -0.3 is 4.74 Å². The van der Waals surface area contributed by atoms with E-state index < -0.39 is 0 Å². The Morgan fingerprint density at radius 2 is 1.17 bits per heavy atom. The number of hydrogen-bond donors (Lipinski definition) is 0. The highest BCUT2D eigenvalue weighted by molar-refractivity contribution is 5.27. The van der Waals surface area contributed by atoms with Crippen LogP contribution in [0.1, 0.15) is 129 Å². The number of aryl methyl sites for hydroxylation is 1. The highest BCUT2D eigenvalue weighted by Gasteiger charge is 2.20. The third kappa shape index (κ3) is 11.4. The summed E-state index contributed by atoms with van der Waals surface area (Å²) in [7, 11) is 0. The van der Waals surface area contributed by atoms with Crippen LogP contribution in [0.25, 0.3) is 0 Å². The summed E-state index contributed by atoms with van der Waals surface area (Å²) in [4.78, 5) is 0. The summed E-state index contributed by atoms with van der Waals surface area (Å²) >= 11 is 0. The molecule has 172 valence electrons. The lowest BCUT2D eigenvalue weighted by Gasteiger charge is -2.28. The van der Waals surface area contributed by atoms with E-state index in [2.05, 4.69) is 38.1 Å². The van der Waals surface area contributed by atoms with Crippen LogP contribution in [0.3, 0.4) is 0 Å². The number of rotatable bonds is 17. The van der Waals surface area contributed by atoms with Crippen LogP contribution in [0.4, 0.5) is 0 Å². The van der Waals surface area contributed by atoms with Gasteiger partial charge in [0.1, 0.15) is 5.75 Å². The average molecular weight is 415 g/mol. The van der Waals surface area contributed by atoms with E-state index in [0.717, 1.165) is 24.2 Å². The van der Waals surface area contributed by atoms with Crippen molar-refractivity contribution in [2.45, 2.75) is 129 Å². The molecule has 1 nitrogen and oxygen atoms in total. The molecule has 0 saturated heterocycles. The second kappa shape index (κ2) is 16.7. The Bertz CT molecular complexity index is 498. The molecule has 0 heterocycles. The van der Waals surface area contributed by atoms with Crippen molar-refractivity contribution in [1.82, 2.24) is 0 Å². The Balaban J connectivity index is 1.48. The first-order valence-electron chi connectivity index (χ1n) is 13.5. The molecule has 0 amide bonds. The molecule has 1 heteroatoms. The van der Waals surface area contributed by atoms with E-state index in [1.165, 1.54) is 121 Å². The average Bonchev–Trinajstić information content (AvgIpc) is 2.78. The Kier molecular flexibility index (Phi) is 14.1. The van der Waals surface area contributed by atoms with Crippen molar-refractivity contribution >= 4 is 0 Å². The van der Waals surface area contributed by atoms with Crippen LogP contribution in [-0.2, 0) is 6.42 Å². The predicted octanol–water partition coefficient (Wildman–Crippen LogP) is 9.53. The summed E-state index contributed by atoms with van der Waals surface area (Å²) in [6.45, 7) is 5.45. The molecule has 0 unspecified atom stereocenters. The Morgan fingerprint density at radius 1 is 0.633 bits per heavy atom.